The van der Waals surface area contributed by atoms with E-state index in [1.54, 1.807) is 24.3 Å². The minimum absolute atomic E-state index is 0.183. The predicted octanol–water partition coefficient (Wildman–Crippen LogP) is 4.77. The van der Waals surface area contributed by atoms with Crippen molar-refractivity contribution in [3.8, 4) is 6.07 Å². The number of nitriles is 1. The first-order valence-corrected chi connectivity index (χ1v) is 10.6. The molecule has 1 fully saturated rings. The molecule has 0 saturated heterocycles. The second-order valence-corrected chi connectivity index (χ2v) is 8.32. The summed E-state index contributed by atoms with van der Waals surface area (Å²) in [7, 11) is 0. The molecule has 0 radical (unpaired) electrons. The monoisotopic (exact) mass is 474 g/mol. The first-order valence-electron chi connectivity index (χ1n) is 10.2. The summed E-state index contributed by atoms with van der Waals surface area (Å²) in [5, 5.41) is 10.8. The van der Waals surface area contributed by atoms with Crippen molar-refractivity contribution in [2.75, 3.05) is 11.9 Å². The standard InChI is InChI=1S/C23H18ClF3N4O2/c24-19-16(23(25,26)27)4-3-5-17(19)29-18(32)13-31-21(33)20(30-22(31)10-1-2-11-22)15-8-6-14(12-28)7-9-15/h3-9H,1-2,10-11,13H2,(H,29,32). The quantitative estimate of drug-likeness (QED) is 0.692. The third-order valence-electron chi connectivity index (χ3n) is 5.84. The number of halogens is 4. The van der Waals surface area contributed by atoms with Crippen molar-refractivity contribution in [2.45, 2.75) is 37.5 Å². The summed E-state index contributed by atoms with van der Waals surface area (Å²) in [4.78, 5) is 32.1. The van der Waals surface area contributed by atoms with E-state index in [0.29, 0.717) is 24.0 Å². The smallest absolute Gasteiger partial charge is 0.323 e. The van der Waals surface area contributed by atoms with Crippen LogP contribution in [0, 0.1) is 11.3 Å². The van der Waals surface area contributed by atoms with Crippen molar-refractivity contribution in [1.29, 1.82) is 5.26 Å². The Kier molecular flexibility index (Phi) is 5.89. The Balaban J connectivity index is 1.57. The van der Waals surface area contributed by atoms with Crippen molar-refractivity contribution in [3.05, 3.63) is 64.2 Å². The van der Waals surface area contributed by atoms with Gasteiger partial charge in [-0.25, -0.2) is 0 Å². The first-order chi connectivity index (χ1) is 15.6. The molecule has 1 aliphatic heterocycles. The van der Waals surface area contributed by atoms with E-state index < -0.39 is 34.2 Å². The van der Waals surface area contributed by atoms with E-state index in [1.165, 1.54) is 11.0 Å². The number of hydrogen-bond donors (Lipinski definition) is 1. The zero-order valence-corrected chi connectivity index (χ0v) is 18.0. The van der Waals surface area contributed by atoms with E-state index in [4.69, 9.17) is 16.9 Å². The molecule has 2 aromatic rings. The van der Waals surface area contributed by atoms with Gasteiger partial charge in [-0.1, -0.05) is 29.8 Å². The lowest BCUT2D eigenvalue weighted by molar-refractivity contribution is -0.137. The van der Waals surface area contributed by atoms with Gasteiger partial charge in [-0.15, -0.1) is 0 Å². The number of nitrogens with one attached hydrogen (secondary N) is 1. The highest BCUT2D eigenvalue weighted by Crippen LogP contribution is 2.41. The number of carbonyl (C=O) groups is 2. The van der Waals surface area contributed by atoms with Crippen LogP contribution >= 0.6 is 11.6 Å². The van der Waals surface area contributed by atoms with Crippen LogP contribution in [0.2, 0.25) is 5.02 Å². The number of carbonyl (C=O) groups excluding carboxylic acids is 2. The molecule has 0 unspecified atom stereocenters. The fourth-order valence-electron chi connectivity index (χ4n) is 4.25. The molecular formula is C23H18ClF3N4O2. The third-order valence-corrected chi connectivity index (χ3v) is 6.25. The maximum atomic E-state index is 13.2. The van der Waals surface area contributed by atoms with Crippen LogP contribution in [0.1, 0.15) is 42.4 Å². The molecular weight excluding hydrogens is 457 g/mol. The second kappa shape index (κ2) is 8.52. The third kappa shape index (κ3) is 4.31. The molecule has 1 N–H and O–H groups in total. The molecule has 0 aromatic heterocycles. The number of anilines is 1. The van der Waals surface area contributed by atoms with Gasteiger partial charge in [-0.05, 0) is 49.9 Å². The average Bonchev–Trinajstić information content (AvgIpc) is 3.35. The van der Waals surface area contributed by atoms with Gasteiger partial charge in [0.2, 0.25) is 5.91 Å². The highest BCUT2D eigenvalue weighted by Gasteiger charge is 2.49. The van der Waals surface area contributed by atoms with Gasteiger partial charge in [0, 0.05) is 5.56 Å². The van der Waals surface area contributed by atoms with Gasteiger partial charge in [-0.2, -0.15) is 18.4 Å². The molecule has 0 atom stereocenters. The molecule has 1 aliphatic carbocycles. The van der Waals surface area contributed by atoms with E-state index in [9.17, 15) is 22.8 Å². The first kappa shape index (κ1) is 22.8. The Morgan fingerprint density at radius 1 is 1.18 bits per heavy atom. The van der Waals surface area contributed by atoms with Gasteiger partial charge >= 0.3 is 6.18 Å². The lowest BCUT2D eigenvalue weighted by Crippen LogP contribution is -2.48. The van der Waals surface area contributed by atoms with Crippen LogP contribution in [0.4, 0.5) is 18.9 Å². The molecule has 4 rings (SSSR count). The van der Waals surface area contributed by atoms with Crippen LogP contribution in [-0.2, 0) is 15.8 Å². The maximum absolute atomic E-state index is 13.2. The van der Waals surface area contributed by atoms with Crippen LogP contribution in [0.5, 0.6) is 0 Å². The van der Waals surface area contributed by atoms with Crippen molar-refractivity contribution < 1.29 is 22.8 Å². The Morgan fingerprint density at radius 3 is 2.45 bits per heavy atom. The molecule has 1 spiro atoms. The fraction of sp³-hybridized carbons (Fsp3) is 0.304. The number of nitrogens with zero attached hydrogens (tertiary/aromatic N) is 3. The summed E-state index contributed by atoms with van der Waals surface area (Å²) in [5.41, 5.74) is -0.931. The normalized spacial score (nSPS) is 17.2. The molecule has 6 nitrogen and oxygen atoms in total. The average molecular weight is 475 g/mol. The van der Waals surface area contributed by atoms with Gasteiger partial charge in [0.25, 0.3) is 5.91 Å². The van der Waals surface area contributed by atoms with E-state index in [-0.39, 0.29) is 17.9 Å². The summed E-state index contributed by atoms with van der Waals surface area (Å²) in [6.45, 7) is -0.380. The molecule has 2 aromatic carbocycles. The van der Waals surface area contributed by atoms with Gasteiger partial charge in [0.15, 0.2) is 0 Å². The highest BCUT2D eigenvalue weighted by atomic mass is 35.5. The second-order valence-electron chi connectivity index (χ2n) is 7.94. The lowest BCUT2D eigenvalue weighted by atomic mass is 10.1. The summed E-state index contributed by atoms with van der Waals surface area (Å²) in [6, 6.07) is 11.7. The molecule has 170 valence electrons. The van der Waals surface area contributed by atoms with Crippen LogP contribution in [0.3, 0.4) is 0 Å². The van der Waals surface area contributed by atoms with Crippen LogP contribution < -0.4 is 5.32 Å². The molecule has 1 heterocycles. The Hall–Kier alpha value is -3.38. The van der Waals surface area contributed by atoms with Gasteiger partial charge in [-0.3, -0.25) is 14.6 Å². The Morgan fingerprint density at radius 2 is 1.85 bits per heavy atom. The lowest BCUT2D eigenvalue weighted by Gasteiger charge is -2.32. The number of rotatable bonds is 4. The van der Waals surface area contributed by atoms with E-state index in [1.807, 2.05) is 6.07 Å². The maximum Gasteiger partial charge on any atom is 0.417 e. The summed E-state index contributed by atoms with van der Waals surface area (Å²) >= 11 is 5.87. The zero-order valence-electron chi connectivity index (χ0n) is 17.2. The van der Waals surface area contributed by atoms with Crippen LogP contribution in [-0.4, -0.2) is 34.6 Å². The minimum Gasteiger partial charge on any atom is -0.323 e. The van der Waals surface area contributed by atoms with Crippen molar-refractivity contribution >= 4 is 34.8 Å². The van der Waals surface area contributed by atoms with Gasteiger partial charge in [0.05, 0.1) is 27.9 Å². The number of alkyl halides is 3. The number of benzene rings is 2. The molecule has 0 bridgehead atoms. The zero-order chi connectivity index (χ0) is 23.8. The SMILES string of the molecule is N#Cc1ccc(C2=NC3(CCCC3)N(CC(=O)Nc3cccc(C(F)(F)F)c3Cl)C2=O)cc1. The molecule has 2 aliphatic rings. The van der Waals surface area contributed by atoms with E-state index in [0.717, 1.165) is 25.0 Å². The fourth-order valence-corrected chi connectivity index (χ4v) is 4.53. The van der Waals surface area contributed by atoms with Gasteiger partial charge in [0.1, 0.15) is 17.9 Å². The van der Waals surface area contributed by atoms with Crippen molar-refractivity contribution in [1.82, 2.24) is 4.90 Å². The molecule has 1 saturated carbocycles. The largest absolute Gasteiger partial charge is 0.417 e. The van der Waals surface area contributed by atoms with Crippen molar-refractivity contribution in [3.63, 3.8) is 0 Å². The Labute approximate surface area is 192 Å². The van der Waals surface area contributed by atoms with E-state index in [2.05, 4.69) is 10.3 Å². The van der Waals surface area contributed by atoms with E-state index >= 15 is 0 Å². The predicted molar refractivity (Wildman–Crippen MR) is 116 cm³/mol. The minimum atomic E-state index is -4.67. The van der Waals surface area contributed by atoms with Crippen molar-refractivity contribution in [2.24, 2.45) is 4.99 Å². The molecule has 33 heavy (non-hydrogen) atoms. The summed E-state index contributed by atoms with van der Waals surface area (Å²) < 4.78 is 39.3. The van der Waals surface area contributed by atoms with Gasteiger partial charge < -0.3 is 10.2 Å². The topological polar surface area (TPSA) is 85.6 Å². The highest BCUT2D eigenvalue weighted by molar-refractivity contribution is 6.47. The summed E-state index contributed by atoms with van der Waals surface area (Å²) in [5.74, 6) is -1.11. The number of hydrogen-bond acceptors (Lipinski definition) is 4. The molecule has 10 heteroatoms. The number of aliphatic imine (C=N–C) groups is 1. The molecule has 2 amide bonds. The van der Waals surface area contributed by atoms with Crippen LogP contribution in [0.15, 0.2) is 47.5 Å². The van der Waals surface area contributed by atoms with Crippen LogP contribution in [0.25, 0.3) is 0 Å². The Bertz CT molecular complexity index is 1180. The number of amides is 2. The summed E-state index contributed by atoms with van der Waals surface area (Å²) in [6.07, 6.45) is -1.85.